The zero-order valence-corrected chi connectivity index (χ0v) is 11.8. The van der Waals surface area contributed by atoms with Gasteiger partial charge in [0, 0.05) is 11.4 Å². The molecule has 5 heteroatoms. The number of benzene rings is 1. The number of nitrogens with two attached hydrogens (primary N) is 1. The molecule has 1 heterocycles. The molecule has 0 spiro atoms. The van der Waals surface area contributed by atoms with Crippen LogP contribution in [0.3, 0.4) is 0 Å². The van der Waals surface area contributed by atoms with Crippen molar-refractivity contribution >= 4 is 11.8 Å². The van der Waals surface area contributed by atoms with Crippen molar-refractivity contribution in [3.8, 4) is 0 Å². The lowest BCUT2D eigenvalue weighted by molar-refractivity contribution is 0.596. The lowest BCUT2D eigenvalue weighted by Gasteiger charge is -2.09. The van der Waals surface area contributed by atoms with Crippen molar-refractivity contribution in [2.45, 2.75) is 30.3 Å². The van der Waals surface area contributed by atoms with Crippen molar-refractivity contribution < 1.29 is 4.39 Å². The molecule has 0 saturated heterocycles. The molecule has 3 nitrogen and oxygen atoms in total. The van der Waals surface area contributed by atoms with Crippen molar-refractivity contribution in [2.75, 3.05) is 6.54 Å². The van der Waals surface area contributed by atoms with E-state index in [0.717, 1.165) is 17.0 Å². The molecule has 0 aliphatic carbocycles. The molecular weight excluding hydrogens is 261 g/mol. The zero-order chi connectivity index (χ0) is 13.8. The van der Waals surface area contributed by atoms with E-state index in [1.807, 2.05) is 26.0 Å². The van der Waals surface area contributed by atoms with E-state index in [1.165, 1.54) is 17.8 Å². The fraction of sp³-hybridized carbons (Fsp3) is 0.286. The number of nitrogens with zero attached hydrogens (tertiary/aromatic N) is 2. The van der Waals surface area contributed by atoms with Crippen molar-refractivity contribution in [2.24, 2.45) is 5.73 Å². The monoisotopic (exact) mass is 277 g/mol. The molecule has 0 saturated carbocycles. The Morgan fingerprint density at radius 1 is 1.21 bits per heavy atom. The summed E-state index contributed by atoms with van der Waals surface area (Å²) >= 11 is 1.26. The maximum absolute atomic E-state index is 13.9. The van der Waals surface area contributed by atoms with Crippen LogP contribution in [0.5, 0.6) is 0 Å². The fourth-order valence-electron chi connectivity index (χ4n) is 1.85. The van der Waals surface area contributed by atoms with Gasteiger partial charge in [-0.05, 0) is 56.3 Å². The summed E-state index contributed by atoms with van der Waals surface area (Å²) in [6, 6.07) is 6.94. The van der Waals surface area contributed by atoms with Gasteiger partial charge in [-0.3, -0.25) is 0 Å². The molecule has 2 aromatic rings. The van der Waals surface area contributed by atoms with Gasteiger partial charge in [0.1, 0.15) is 5.82 Å². The van der Waals surface area contributed by atoms with E-state index in [-0.39, 0.29) is 5.82 Å². The number of hydrogen-bond acceptors (Lipinski definition) is 4. The van der Waals surface area contributed by atoms with E-state index >= 15 is 0 Å². The highest BCUT2D eigenvalue weighted by Gasteiger charge is 2.12. The molecule has 19 heavy (non-hydrogen) atoms. The minimum atomic E-state index is -0.251. The Morgan fingerprint density at radius 3 is 2.53 bits per heavy atom. The van der Waals surface area contributed by atoms with Crippen molar-refractivity contribution in [3.63, 3.8) is 0 Å². The van der Waals surface area contributed by atoms with Gasteiger partial charge in [0.2, 0.25) is 0 Å². The fourth-order valence-corrected chi connectivity index (χ4v) is 2.88. The van der Waals surface area contributed by atoms with Crippen LogP contribution in [0.25, 0.3) is 0 Å². The maximum Gasteiger partial charge on any atom is 0.192 e. The zero-order valence-electron chi connectivity index (χ0n) is 11.0. The summed E-state index contributed by atoms with van der Waals surface area (Å²) in [6.07, 6.45) is 0.644. The molecule has 100 valence electrons. The Hall–Kier alpha value is -1.46. The number of aryl methyl sites for hydroxylation is 2. The molecule has 0 atom stereocenters. The highest BCUT2D eigenvalue weighted by atomic mass is 32.2. The van der Waals surface area contributed by atoms with Crippen LogP contribution < -0.4 is 5.73 Å². The second kappa shape index (κ2) is 6.12. The third-order valence-corrected chi connectivity index (χ3v) is 3.64. The maximum atomic E-state index is 13.9. The molecule has 0 bridgehead atoms. The predicted octanol–water partition coefficient (Wildman–Crippen LogP) is 2.88. The molecule has 0 unspecified atom stereocenters. The van der Waals surface area contributed by atoms with Crippen molar-refractivity contribution in [3.05, 3.63) is 47.0 Å². The molecule has 0 amide bonds. The van der Waals surface area contributed by atoms with E-state index in [2.05, 4.69) is 9.97 Å². The van der Waals surface area contributed by atoms with Crippen LogP contribution in [0, 0.1) is 19.7 Å². The first-order valence-corrected chi connectivity index (χ1v) is 6.89. The smallest absolute Gasteiger partial charge is 0.192 e. The van der Waals surface area contributed by atoms with Crippen LogP contribution >= 0.6 is 11.8 Å². The molecular formula is C14H16FN3S. The Bertz CT molecular complexity index is 567. The van der Waals surface area contributed by atoms with E-state index in [9.17, 15) is 4.39 Å². The minimum absolute atomic E-state index is 0.251. The molecule has 0 aliphatic rings. The van der Waals surface area contributed by atoms with Crippen LogP contribution in [0.2, 0.25) is 0 Å². The van der Waals surface area contributed by atoms with Gasteiger partial charge in [0.15, 0.2) is 5.16 Å². The first kappa shape index (κ1) is 14.0. The van der Waals surface area contributed by atoms with Gasteiger partial charge in [-0.25, -0.2) is 14.4 Å². The Morgan fingerprint density at radius 2 is 1.89 bits per heavy atom. The summed E-state index contributed by atoms with van der Waals surface area (Å²) in [5.74, 6) is -0.251. The first-order chi connectivity index (χ1) is 9.10. The first-order valence-electron chi connectivity index (χ1n) is 6.07. The second-order valence-electron chi connectivity index (χ2n) is 4.30. The third kappa shape index (κ3) is 3.52. The number of halogens is 1. The van der Waals surface area contributed by atoms with Crippen LogP contribution in [-0.4, -0.2) is 16.5 Å². The van der Waals surface area contributed by atoms with Crippen LogP contribution in [-0.2, 0) is 6.42 Å². The van der Waals surface area contributed by atoms with Crippen molar-refractivity contribution in [1.82, 2.24) is 9.97 Å². The highest BCUT2D eigenvalue weighted by molar-refractivity contribution is 7.99. The summed E-state index contributed by atoms with van der Waals surface area (Å²) in [5, 5.41) is 0.570. The van der Waals surface area contributed by atoms with Gasteiger partial charge < -0.3 is 5.73 Å². The summed E-state index contributed by atoms with van der Waals surface area (Å²) in [7, 11) is 0. The molecule has 0 aliphatic heterocycles. The number of hydrogen-bond donors (Lipinski definition) is 1. The highest BCUT2D eigenvalue weighted by Crippen LogP contribution is 2.31. The topological polar surface area (TPSA) is 51.8 Å². The molecule has 0 fully saturated rings. The quantitative estimate of drug-likeness (QED) is 0.873. The molecule has 2 N–H and O–H groups in total. The summed E-state index contributed by atoms with van der Waals surface area (Å²) < 4.78 is 13.9. The summed E-state index contributed by atoms with van der Waals surface area (Å²) in [6.45, 7) is 4.30. The second-order valence-corrected chi connectivity index (χ2v) is 5.28. The van der Waals surface area contributed by atoms with E-state index in [0.29, 0.717) is 23.0 Å². The molecule has 1 aromatic heterocycles. The lowest BCUT2D eigenvalue weighted by atomic mass is 10.1. The average molecular weight is 277 g/mol. The average Bonchev–Trinajstić information content (AvgIpc) is 2.32. The summed E-state index contributed by atoms with van der Waals surface area (Å²) in [5.41, 5.74) is 8.22. The van der Waals surface area contributed by atoms with E-state index in [4.69, 9.17) is 5.73 Å². The Labute approximate surface area is 116 Å². The minimum Gasteiger partial charge on any atom is -0.330 e. The van der Waals surface area contributed by atoms with E-state index < -0.39 is 0 Å². The largest absolute Gasteiger partial charge is 0.330 e. The van der Waals surface area contributed by atoms with Gasteiger partial charge in [-0.1, -0.05) is 12.1 Å². The van der Waals surface area contributed by atoms with Crippen molar-refractivity contribution in [1.29, 1.82) is 0 Å². The van der Waals surface area contributed by atoms with Gasteiger partial charge in [-0.15, -0.1) is 0 Å². The van der Waals surface area contributed by atoms with Crippen LogP contribution in [0.4, 0.5) is 4.39 Å². The van der Waals surface area contributed by atoms with Crippen LogP contribution in [0.15, 0.2) is 34.3 Å². The SMILES string of the molecule is Cc1cc(C)nc(Sc2c(F)cccc2CCN)n1. The molecule has 2 rings (SSSR count). The number of rotatable bonds is 4. The van der Waals surface area contributed by atoms with E-state index in [1.54, 1.807) is 6.07 Å². The molecule has 1 aromatic carbocycles. The normalized spacial score (nSPS) is 10.7. The number of aromatic nitrogens is 2. The van der Waals surface area contributed by atoms with Gasteiger partial charge >= 0.3 is 0 Å². The Balaban J connectivity index is 2.36. The Kier molecular flexibility index (Phi) is 4.50. The van der Waals surface area contributed by atoms with Gasteiger partial charge in [0.05, 0.1) is 4.90 Å². The summed E-state index contributed by atoms with van der Waals surface area (Å²) in [4.78, 5) is 9.22. The predicted molar refractivity (Wildman–Crippen MR) is 74.8 cm³/mol. The van der Waals surface area contributed by atoms with Gasteiger partial charge in [-0.2, -0.15) is 0 Å². The van der Waals surface area contributed by atoms with Crippen LogP contribution in [0.1, 0.15) is 17.0 Å². The lowest BCUT2D eigenvalue weighted by Crippen LogP contribution is -2.05. The molecule has 0 radical (unpaired) electrons. The third-order valence-electron chi connectivity index (χ3n) is 2.62. The van der Waals surface area contributed by atoms with Gasteiger partial charge in [0.25, 0.3) is 0 Å². The standard InChI is InChI=1S/C14H16FN3S/c1-9-8-10(2)18-14(17-9)19-13-11(6-7-16)4-3-5-12(13)15/h3-5,8H,6-7,16H2,1-2H3.